The smallest absolute Gasteiger partial charge is 0.251 e. The fourth-order valence-electron chi connectivity index (χ4n) is 3.86. The molecule has 0 spiro atoms. The maximum absolute atomic E-state index is 12.6. The number of nitrogens with zero attached hydrogens (tertiary/aromatic N) is 1. The van der Waals surface area contributed by atoms with Crippen LogP contribution in [0, 0.1) is 5.92 Å². The Morgan fingerprint density at radius 3 is 2.54 bits per heavy atom. The number of piperidine rings is 2. The molecule has 2 aliphatic rings. The summed E-state index contributed by atoms with van der Waals surface area (Å²) in [6, 6.07) is 7.95. The molecule has 1 aromatic rings. The second-order valence-electron chi connectivity index (χ2n) is 7.51. The van der Waals surface area contributed by atoms with E-state index in [2.05, 4.69) is 16.7 Å². The van der Waals surface area contributed by atoms with Crippen molar-refractivity contribution in [3.63, 3.8) is 0 Å². The molecule has 7 heteroatoms. The van der Waals surface area contributed by atoms with E-state index >= 15 is 0 Å². The minimum atomic E-state index is -3.13. The zero-order valence-electron chi connectivity index (χ0n) is 15.4. The van der Waals surface area contributed by atoms with Crippen molar-refractivity contribution >= 4 is 15.9 Å². The summed E-state index contributed by atoms with van der Waals surface area (Å²) in [6.07, 6.45) is 5.96. The molecule has 2 fully saturated rings. The van der Waals surface area contributed by atoms with Gasteiger partial charge in [-0.25, -0.2) is 12.7 Å². The van der Waals surface area contributed by atoms with Gasteiger partial charge >= 0.3 is 0 Å². The average molecular weight is 380 g/mol. The molecule has 0 aliphatic carbocycles. The maximum atomic E-state index is 12.6. The Balaban J connectivity index is 1.54. The third-order valence-electron chi connectivity index (χ3n) is 5.43. The number of amides is 1. The van der Waals surface area contributed by atoms with Crippen LogP contribution in [0.25, 0.3) is 0 Å². The molecule has 3 rings (SSSR count). The summed E-state index contributed by atoms with van der Waals surface area (Å²) in [7, 11) is -3.13. The first-order valence-electron chi connectivity index (χ1n) is 9.47. The van der Waals surface area contributed by atoms with Gasteiger partial charge in [0, 0.05) is 24.7 Å². The normalized spacial score (nSPS) is 20.8. The van der Waals surface area contributed by atoms with E-state index in [9.17, 15) is 13.2 Å². The minimum Gasteiger partial charge on any atom is -0.349 e. The molecular formula is C19H29N3O3S. The molecule has 0 radical (unpaired) electrons. The Labute approximate surface area is 156 Å². The highest BCUT2D eigenvalue weighted by Gasteiger charge is 2.26. The molecule has 2 N–H and O–H groups in total. The number of rotatable bonds is 5. The largest absolute Gasteiger partial charge is 0.349 e. The number of nitrogens with one attached hydrogen (secondary N) is 2. The molecule has 144 valence electrons. The van der Waals surface area contributed by atoms with Gasteiger partial charge in [0.25, 0.3) is 5.91 Å². The van der Waals surface area contributed by atoms with E-state index in [-0.39, 0.29) is 11.9 Å². The Morgan fingerprint density at radius 1 is 1.19 bits per heavy atom. The fraction of sp³-hybridized carbons (Fsp3) is 0.632. The molecule has 6 nitrogen and oxygen atoms in total. The van der Waals surface area contributed by atoms with E-state index in [4.69, 9.17) is 0 Å². The van der Waals surface area contributed by atoms with Gasteiger partial charge in [0.2, 0.25) is 10.0 Å². The Kier molecular flexibility index (Phi) is 6.32. The van der Waals surface area contributed by atoms with Gasteiger partial charge < -0.3 is 10.6 Å². The van der Waals surface area contributed by atoms with Crippen molar-refractivity contribution in [3.8, 4) is 0 Å². The quantitative estimate of drug-likeness (QED) is 0.810. The van der Waals surface area contributed by atoms with Gasteiger partial charge in [0.15, 0.2) is 0 Å². The Hall–Kier alpha value is -1.44. The van der Waals surface area contributed by atoms with Gasteiger partial charge in [-0.3, -0.25) is 4.79 Å². The van der Waals surface area contributed by atoms with Crippen LogP contribution in [0.4, 0.5) is 0 Å². The first kappa shape index (κ1) is 19.3. The Bertz CT molecular complexity index is 721. The number of sulfonamides is 1. The Morgan fingerprint density at radius 2 is 1.88 bits per heavy atom. The summed E-state index contributed by atoms with van der Waals surface area (Å²) in [4.78, 5) is 12.6. The highest BCUT2D eigenvalue weighted by Crippen LogP contribution is 2.19. The van der Waals surface area contributed by atoms with E-state index < -0.39 is 10.0 Å². The molecule has 0 bridgehead atoms. The van der Waals surface area contributed by atoms with Gasteiger partial charge in [0.05, 0.1) is 6.26 Å². The van der Waals surface area contributed by atoms with E-state index in [1.807, 2.05) is 18.2 Å². The summed E-state index contributed by atoms with van der Waals surface area (Å²) in [5.74, 6) is 0.629. The van der Waals surface area contributed by atoms with Crippen molar-refractivity contribution in [2.45, 2.75) is 38.1 Å². The molecule has 26 heavy (non-hydrogen) atoms. The lowest BCUT2D eigenvalue weighted by molar-refractivity contribution is 0.0923. The second kappa shape index (κ2) is 8.50. The van der Waals surface area contributed by atoms with Crippen molar-refractivity contribution in [3.05, 3.63) is 35.4 Å². The third kappa shape index (κ3) is 5.28. The summed E-state index contributed by atoms with van der Waals surface area (Å²) >= 11 is 0. The van der Waals surface area contributed by atoms with Crippen LogP contribution >= 0.6 is 0 Å². The van der Waals surface area contributed by atoms with Crippen LogP contribution in [-0.4, -0.2) is 57.1 Å². The maximum Gasteiger partial charge on any atom is 0.251 e. The van der Waals surface area contributed by atoms with Gasteiger partial charge in [0.1, 0.15) is 0 Å². The van der Waals surface area contributed by atoms with Crippen LogP contribution in [0.15, 0.2) is 24.3 Å². The van der Waals surface area contributed by atoms with E-state index in [1.165, 1.54) is 29.0 Å². The summed E-state index contributed by atoms with van der Waals surface area (Å²) in [6.45, 7) is 3.10. The van der Waals surface area contributed by atoms with Crippen LogP contribution in [0.5, 0.6) is 0 Å². The monoisotopic (exact) mass is 379 g/mol. The molecule has 2 aliphatic heterocycles. The number of hydrogen-bond acceptors (Lipinski definition) is 4. The lowest BCUT2D eigenvalue weighted by atomic mass is 9.90. The molecule has 1 aromatic carbocycles. The number of carbonyl (C=O) groups is 1. The second-order valence-corrected chi connectivity index (χ2v) is 9.49. The van der Waals surface area contributed by atoms with Crippen LogP contribution in [0.2, 0.25) is 0 Å². The van der Waals surface area contributed by atoms with Gasteiger partial charge in [-0.15, -0.1) is 0 Å². The fourth-order valence-corrected chi connectivity index (χ4v) is 4.73. The number of hydrogen-bond donors (Lipinski definition) is 2. The van der Waals surface area contributed by atoms with Crippen molar-refractivity contribution in [2.24, 2.45) is 5.92 Å². The first-order chi connectivity index (χ1) is 12.4. The van der Waals surface area contributed by atoms with Crippen LogP contribution < -0.4 is 10.6 Å². The van der Waals surface area contributed by atoms with Gasteiger partial charge in [-0.2, -0.15) is 0 Å². The molecule has 0 atom stereocenters. The van der Waals surface area contributed by atoms with Crippen LogP contribution in [0.3, 0.4) is 0 Å². The highest BCUT2D eigenvalue weighted by atomic mass is 32.2. The van der Waals surface area contributed by atoms with Crippen LogP contribution in [-0.2, 0) is 16.4 Å². The third-order valence-corrected chi connectivity index (χ3v) is 6.73. The molecule has 2 heterocycles. The molecular weight excluding hydrogens is 350 g/mol. The predicted molar refractivity (Wildman–Crippen MR) is 103 cm³/mol. The summed E-state index contributed by atoms with van der Waals surface area (Å²) < 4.78 is 24.6. The van der Waals surface area contributed by atoms with Crippen LogP contribution in [0.1, 0.15) is 41.6 Å². The highest BCUT2D eigenvalue weighted by molar-refractivity contribution is 7.88. The van der Waals surface area contributed by atoms with Crippen molar-refractivity contribution in [1.82, 2.24) is 14.9 Å². The lowest BCUT2D eigenvalue weighted by Gasteiger charge is -2.30. The van der Waals surface area contributed by atoms with E-state index in [0.717, 1.165) is 19.5 Å². The summed E-state index contributed by atoms with van der Waals surface area (Å²) in [5, 5.41) is 6.45. The van der Waals surface area contributed by atoms with Crippen molar-refractivity contribution in [1.29, 1.82) is 0 Å². The molecule has 0 saturated carbocycles. The van der Waals surface area contributed by atoms with E-state index in [1.54, 1.807) is 0 Å². The SMILES string of the molecule is CS(=O)(=O)N1CCC(NC(=O)c2cccc(CC3CCNCC3)c2)CC1. The molecule has 2 saturated heterocycles. The summed E-state index contributed by atoms with van der Waals surface area (Å²) in [5.41, 5.74) is 1.92. The van der Waals surface area contributed by atoms with Crippen molar-refractivity contribution < 1.29 is 13.2 Å². The average Bonchev–Trinajstić information content (AvgIpc) is 2.62. The number of benzene rings is 1. The molecule has 1 amide bonds. The first-order valence-corrected chi connectivity index (χ1v) is 11.3. The number of carbonyl (C=O) groups excluding carboxylic acids is 1. The lowest BCUT2D eigenvalue weighted by Crippen LogP contribution is -2.46. The van der Waals surface area contributed by atoms with Gasteiger partial charge in [-0.1, -0.05) is 12.1 Å². The molecule has 0 aromatic heterocycles. The van der Waals surface area contributed by atoms with Gasteiger partial charge in [-0.05, 0) is 68.8 Å². The molecule has 0 unspecified atom stereocenters. The zero-order valence-corrected chi connectivity index (χ0v) is 16.2. The zero-order chi connectivity index (χ0) is 18.6. The van der Waals surface area contributed by atoms with Crippen molar-refractivity contribution in [2.75, 3.05) is 32.4 Å². The van der Waals surface area contributed by atoms with E-state index in [0.29, 0.717) is 37.4 Å². The minimum absolute atomic E-state index is 0.0357. The topological polar surface area (TPSA) is 78.5 Å². The predicted octanol–water partition coefficient (Wildman–Crippen LogP) is 1.38. The standard InChI is InChI=1S/C19H29N3O3S/c1-26(24,25)22-11-7-18(8-12-22)21-19(23)17-4-2-3-16(14-17)13-15-5-9-20-10-6-15/h2-4,14-15,18,20H,5-13H2,1H3,(H,21,23).